The third kappa shape index (κ3) is 8.46. The van der Waals surface area contributed by atoms with E-state index in [1.165, 1.54) is 67.3 Å². The molecule has 0 saturated heterocycles. The Labute approximate surface area is 399 Å². The Bertz CT molecular complexity index is 2580. The molecule has 2 heterocycles. The monoisotopic (exact) mass is 877 g/mol. The lowest BCUT2D eigenvalue weighted by atomic mass is 9.87. The Morgan fingerprint density at radius 1 is 0.303 bits per heavy atom. The van der Waals surface area contributed by atoms with Crippen LogP contribution >= 0.6 is 0 Å². The van der Waals surface area contributed by atoms with E-state index in [-0.39, 0.29) is 21.7 Å². The highest BCUT2D eigenvalue weighted by atomic mass is 15.5. The molecule has 0 atom stereocenters. The highest BCUT2D eigenvalue weighted by Crippen LogP contribution is 2.58. The maximum absolute atomic E-state index is 2.56. The van der Waals surface area contributed by atoms with Gasteiger partial charge in [-0.3, -0.25) is 19.6 Å². The topological polar surface area (TPSA) is 13.0 Å². The lowest BCUT2D eigenvalue weighted by Gasteiger charge is -2.35. The lowest BCUT2D eigenvalue weighted by Crippen LogP contribution is -2.33. The Balaban J connectivity index is 1.57. The van der Waals surface area contributed by atoms with Crippen molar-refractivity contribution in [3.05, 3.63) is 177 Å². The fourth-order valence-electron chi connectivity index (χ4n) is 9.90. The molecule has 0 spiro atoms. The van der Waals surface area contributed by atoms with Crippen molar-refractivity contribution in [2.24, 2.45) is 0 Å². The predicted molar refractivity (Wildman–Crippen MR) is 287 cm³/mol. The van der Waals surface area contributed by atoms with Crippen molar-refractivity contribution in [3.8, 4) is 0 Å². The molecule has 4 nitrogen and oxygen atoms in total. The molecule has 2 aliphatic rings. The second-order valence-corrected chi connectivity index (χ2v) is 23.9. The van der Waals surface area contributed by atoms with Gasteiger partial charge in [0.2, 0.25) is 0 Å². The number of hydrogen-bond acceptors (Lipinski definition) is 4. The summed E-state index contributed by atoms with van der Waals surface area (Å²) < 4.78 is 0. The molecule has 0 fully saturated rings. The molecule has 6 aromatic carbocycles. The molecule has 0 aliphatic carbocycles. The van der Waals surface area contributed by atoms with Crippen molar-refractivity contribution < 1.29 is 0 Å². The Hall–Kier alpha value is -5.74. The lowest BCUT2D eigenvalue weighted by molar-refractivity contribution is 0.590. The fourth-order valence-corrected chi connectivity index (χ4v) is 9.90. The van der Waals surface area contributed by atoms with Crippen molar-refractivity contribution >= 4 is 45.5 Å². The van der Waals surface area contributed by atoms with Crippen molar-refractivity contribution in [3.63, 3.8) is 0 Å². The van der Waals surface area contributed by atoms with Crippen molar-refractivity contribution in [1.82, 2.24) is 0 Å². The van der Waals surface area contributed by atoms with Gasteiger partial charge in [-0.05, 0) is 165 Å². The van der Waals surface area contributed by atoms with Gasteiger partial charge in [0.05, 0.1) is 22.7 Å². The van der Waals surface area contributed by atoms with Crippen LogP contribution < -0.4 is 19.6 Å². The Kier molecular flexibility index (Phi) is 11.7. The van der Waals surface area contributed by atoms with Crippen LogP contribution in [-0.2, 0) is 21.7 Å². The average molecular weight is 877 g/mol. The number of benzene rings is 6. The first-order valence-electron chi connectivity index (χ1n) is 24.4. The van der Waals surface area contributed by atoms with Crippen LogP contribution in [0.2, 0.25) is 0 Å². The molecule has 344 valence electrons. The zero-order chi connectivity index (χ0) is 48.0. The Morgan fingerprint density at radius 3 is 0.682 bits per heavy atom. The van der Waals surface area contributed by atoms with Gasteiger partial charge >= 0.3 is 0 Å². The minimum atomic E-state index is 0.0105. The molecule has 4 heteroatoms. The van der Waals surface area contributed by atoms with E-state index in [0.29, 0.717) is 11.8 Å². The van der Waals surface area contributed by atoms with E-state index in [1.807, 2.05) is 0 Å². The maximum Gasteiger partial charge on any atom is 0.166 e. The summed E-state index contributed by atoms with van der Waals surface area (Å²) >= 11 is 0. The first-order chi connectivity index (χ1) is 30.8. The third-order valence-electron chi connectivity index (χ3n) is 13.9. The van der Waals surface area contributed by atoms with Crippen LogP contribution in [0.1, 0.15) is 167 Å². The van der Waals surface area contributed by atoms with Gasteiger partial charge < -0.3 is 0 Å². The molecule has 0 N–H and O–H groups in total. The van der Waals surface area contributed by atoms with Crippen LogP contribution in [0.3, 0.4) is 0 Å². The minimum absolute atomic E-state index is 0.0105. The van der Waals surface area contributed by atoms with Crippen molar-refractivity contribution in [2.75, 3.05) is 19.6 Å². The minimum Gasteiger partial charge on any atom is -0.291 e. The van der Waals surface area contributed by atoms with E-state index in [4.69, 9.17) is 0 Å². The highest BCUT2D eigenvalue weighted by Gasteiger charge is 2.45. The van der Waals surface area contributed by atoms with E-state index in [0.717, 1.165) is 34.4 Å². The average Bonchev–Trinajstić information content (AvgIpc) is 3.73. The molecule has 2 aliphatic heterocycles. The summed E-state index contributed by atoms with van der Waals surface area (Å²) in [5.74, 6) is 2.86. The third-order valence-corrected chi connectivity index (χ3v) is 13.9. The van der Waals surface area contributed by atoms with E-state index in [2.05, 4.69) is 266 Å². The zero-order valence-electron chi connectivity index (χ0n) is 43.5. The quantitative estimate of drug-likeness (QED) is 0.165. The SMILES string of the molecule is Cc1cc2c(cc1C(C)C)N(c1ccc(C(C)(C)C)cc1)/C(=C1\N(c3ccc(C(C)(C)C)cc3)c3cc(C)c(C(C)C)cc3N1c1ccc(C(C)(C)C)cc1)N2c1ccc(C(C)(C)C)cc1. The van der Waals surface area contributed by atoms with E-state index in [9.17, 15) is 0 Å². The molecular formula is C62H76N4. The van der Waals surface area contributed by atoms with Crippen LogP contribution in [0.25, 0.3) is 0 Å². The number of fused-ring (bicyclic) bond motifs is 2. The molecule has 0 unspecified atom stereocenters. The summed E-state index contributed by atoms with van der Waals surface area (Å²) in [6.07, 6.45) is 0. The molecule has 0 bridgehead atoms. The standard InChI is InChI=1S/C62H76N4/c1-39(2)51-37-55-53(35-41(51)5)63(47-27-19-43(20-28-47)59(7,8)9)57(65(55)49-31-23-45(24-32-49)61(13,14)15)58-64(48-29-21-44(22-30-48)60(10,11)12)54-36-42(6)52(40(3)4)38-56(54)66(58)50-33-25-46(26-34-50)62(16,17)18/h19-40H,1-18H3/b58-57+. The van der Waals surface area contributed by atoms with Crippen LogP contribution in [-0.4, -0.2) is 0 Å². The second-order valence-electron chi connectivity index (χ2n) is 23.9. The molecule has 0 aromatic heterocycles. The fraction of sp³-hybridized carbons (Fsp3) is 0.387. The smallest absolute Gasteiger partial charge is 0.166 e. The van der Waals surface area contributed by atoms with Crippen LogP contribution in [0.15, 0.2) is 133 Å². The molecule has 0 saturated carbocycles. The number of hydrogen-bond donors (Lipinski definition) is 0. The van der Waals surface area contributed by atoms with Gasteiger partial charge in [0.1, 0.15) is 0 Å². The van der Waals surface area contributed by atoms with Gasteiger partial charge in [-0.2, -0.15) is 0 Å². The zero-order valence-corrected chi connectivity index (χ0v) is 43.5. The van der Waals surface area contributed by atoms with Crippen molar-refractivity contribution in [1.29, 1.82) is 0 Å². The number of nitrogens with zero attached hydrogens (tertiary/aromatic N) is 4. The predicted octanol–water partition coefficient (Wildman–Crippen LogP) is 18.1. The van der Waals surface area contributed by atoms with E-state index in [1.54, 1.807) is 0 Å². The first kappa shape index (κ1) is 46.8. The summed E-state index contributed by atoms with van der Waals surface area (Å²) in [7, 11) is 0. The van der Waals surface area contributed by atoms with Crippen molar-refractivity contribution in [2.45, 2.75) is 158 Å². The van der Waals surface area contributed by atoms with E-state index < -0.39 is 0 Å². The van der Waals surface area contributed by atoms with Crippen LogP contribution in [0.4, 0.5) is 45.5 Å². The van der Waals surface area contributed by atoms with Crippen LogP contribution in [0.5, 0.6) is 0 Å². The summed E-state index contributed by atoms with van der Waals surface area (Å²) in [5.41, 5.74) is 19.8. The highest BCUT2D eigenvalue weighted by molar-refractivity contribution is 6.00. The van der Waals surface area contributed by atoms with Gasteiger partial charge in [-0.15, -0.1) is 0 Å². The van der Waals surface area contributed by atoms with E-state index >= 15 is 0 Å². The maximum atomic E-state index is 2.56. The van der Waals surface area contributed by atoms with Gasteiger partial charge in [0.25, 0.3) is 0 Å². The van der Waals surface area contributed by atoms with Gasteiger partial charge in [0.15, 0.2) is 11.6 Å². The first-order valence-corrected chi connectivity index (χ1v) is 24.4. The summed E-state index contributed by atoms with van der Waals surface area (Å²) in [6, 6.07) is 47.3. The summed E-state index contributed by atoms with van der Waals surface area (Å²) in [6.45, 7) is 41.5. The van der Waals surface area contributed by atoms with Gasteiger partial charge in [-0.1, -0.05) is 159 Å². The molecule has 0 amide bonds. The summed E-state index contributed by atoms with van der Waals surface area (Å²) in [5, 5.41) is 0. The van der Waals surface area contributed by atoms with Gasteiger partial charge in [0, 0.05) is 22.7 Å². The molecular weight excluding hydrogens is 801 g/mol. The molecule has 6 aromatic rings. The molecule has 8 rings (SSSR count). The molecule has 0 radical (unpaired) electrons. The number of aryl methyl sites for hydroxylation is 2. The second kappa shape index (κ2) is 16.5. The molecule has 66 heavy (non-hydrogen) atoms. The summed E-state index contributed by atoms with van der Waals surface area (Å²) in [4.78, 5) is 10.2. The normalized spacial score (nSPS) is 15.7. The number of rotatable bonds is 6. The number of anilines is 8. The van der Waals surface area contributed by atoms with Gasteiger partial charge in [-0.25, -0.2) is 0 Å². The Morgan fingerprint density at radius 2 is 0.500 bits per heavy atom. The largest absolute Gasteiger partial charge is 0.291 e. The van der Waals surface area contributed by atoms with Crippen LogP contribution in [0, 0.1) is 13.8 Å².